The second-order valence-corrected chi connectivity index (χ2v) is 5.96. The number of likely N-dealkylation sites (N-methyl/N-ethyl adjacent to an activating group) is 1. The molecule has 0 saturated heterocycles. The Bertz CT molecular complexity index is 639. The molecule has 2 rings (SSSR count). The Balaban J connectivity index is 0.000000359. The molecule has 7 nitrogen and oxygen atoms in total. The molecule has 0 radical (unpaired) electrons. The highest BCUT2D eigenvalue weighted by molar-refractivity contribution is 5.92. The summed E-state index contributed by atoms with van der Waals surface area (Å²) in [6, 6.07) is 10.1. The van der Waals surface area contributed by atoms with Crippen molar-refractivity contribution in [3.8, 4) is 0 Å². The van der Waals surface area contributed by atoms with E-state index in [2.05, 4.69) is 12.1 Å². The van der Waals surface area contributed by atoms with Crippen molar-refractivity contribution in [1.29, 1.82) is 0 Å². The van der Waals surface area contributed by atoms with Crippen LogP contribution in [0, 0.1) is 5.92 Å². The number of carbonyl (C=O) groups excluding carboxylic acids is 1. The van der Waals surface area contributed by atoms with Gasteiger partial charge in [-0.3, -0.25) is 4.79 Å². The van der Waals surface area contributed by atoms with Gasteiger partial charge in [0.2, 0.25) is 5.91 Å². The highest BCUT2D eigenvalue weighted by Crippen LogP contribution is 2.54. The number of carboxylic acids is 2. The van der Waals surface area contributed by atoms with Crippen LogP contribution in [0.25, 0.3) is 0 Å². The molecule has 142 valence electrons. The van der Waals surface area contributed by atoms with Crippen LogP contribution in [0.1, 0.15) is 25.8 Å². The minimum absolute atomic E-state index is 0.245. The molecule has 1 aromatic rings. The summed E-state index contributed by atoms with van der Waals surface area (Å²) in [5, 5.41) is 15.6. The van der Waals surface area contributed by atoms with Crippen LogP contribution in [0.2, 0.25) is 0 Å². The molecule has 0 heterocycles. The number of rotatable bonds is 7. The zero-order chi connectivity index (χ0) is 19.7. The van der Waals surface area contributed by atoms with Gasteiger partial charge in [-0.2, -0.15) is 0 Å². The third-order valence-corrected chi connectivity index (χ3v) is 4.48. The minimum atomic E-state index is -1.26. The van der Waals surface area contributed by atoms with Crippen molar-refractivity contribution < 1.29 is 24.6 Å². The van der Waals surface area contributed by atoms with Gasteiger partial charge in [0.05, 0.1) is 5.41 Å². The molecular weight excluding hydrogens is 336 g/mol. The molecule has 1 amide bonds. The summed E-state index contributed by atoms with van der Waals surface area (Å²) in [4.78, 5) is 33.8. The number of nitrogens with two attached hydrogens (primary N) is 1. The van der Waals surface area contributed by atoms with Gasteiger partial charge in [-0.25, -0.2) is 9.59 Å². The maximum absolute atomic E-state index is 12.7. The quantitative estimate of drug-likeness (QED) is 0.632. The van der Waals surface area contributed by atoms with Gasteiger partial charge in [-0.15, -0.1) is 0 Å². The van der Waals surface area contributed by atoms with Crippen molar-refractivity contribution in [2.24, 2.45) is 11.7 Å². The highest BCUT2D eigenvalue weighted by atomic mass is 16.4. The van der Waals surface area contributed by atoms with Gasteiger partial charge in [0.25, 0.3) is 0 Å². The number of benzene rings is 1. The highest BCUT2D eigenvalue weighted by Gasteiger charge is 2.61. The topological polar surface area (TPSA) is 121 Å². The number of carboxylic acid groups (broad SMARTS) is 2. The van der Waals surface area contributed by atoms with Gasteiger partial charge in [0, 0.05) is 25.2 Å². The third kappa shape index (κ3) is 5.16. The van der Waals surface area contributed by atoms with Gasteiger partial charge >= 0.3 is 11.9 Å². The normalized spacial score (nSPS) is 20.8. The van der Waals surface area contributed by atoms with Crippen LogP contribution in [-0.2, 0) is 19.8 Å². The standard InChI is InChI=1S/C15H22N2O.C4H4O4/c1-3-17(4-2)14(18)15(10-13(15)11-16)12-8-6-5-7-9-12;5-3(6)1-2-4(7)8/h5-9,13H,3-4,10-11,16H2,1-2H3;1-2H,(H,5,6)(H,7,8)/b;2-1-/t13-,15+;/m1./s1. The van der Waals surface area contributed by atoms with Gasteiger partial charge < -0.3 is 20.8 Å². The van der Waals surface area contributed by atoms with Crippen molar-refractivity contribution in [3.63, 3.8) is 0 Å². The summed E-state index contributed by atoms with van der Waals surface area (Å²) in [7, 11) is 0. The Morgan fingerprint density at radius 2 is 1.62 bits per heavy atom. The number of hydrogen-bond donors (Lipinski definition) is 3. The molecule has 7 heteroatoms. The van der Waals surface area contributed by atoms with Crippen molar-refractivity contribution in [2.45, 2.75) is 25.7 Å². The van der Waals surface area contributed by atoms with Gasteiger partial charge in [-0.1, -0.05) is 30.3 Å². The second kappa shape index (κ2) is 9.72. The van der Waals surface area contributed by atoms with Crippen LogP contribution in [0.4, 0.5) is 0 Å². The Morgan fingerprint density at radius 3 is 1.96 bits per heavy atom. The molecule has 1 aliphatic rings. The summed E-state index contributed by atoms with van der Waals surface area (Å²) >= 11 is 0. The predicted octanol–water partition coefficient (Wildman–Crippen LogP) is 1.48. The fourth-order valence-electron chi connectivity index (χ4n) is 3.02. The summed E-state index contributed by atoms with van der Waals surface area (Å²) in [6.07, 6.45) is 2.01. The summed E-state index contributed by atoms with van der Waals surface area (Å²) in [5.41, 5.74) is 6.57. The molecule has 1 aromatic carbocycles. The van der Waals surface area contributed by atoms with E-state index in [0.29, 0.717) is 24.6 Å². The number of hydrogen-bond acceptors (Lipinski definition) is 4. The van der Waals surface area contributed by atoms with E-state index in [-0.39, 0.29) is 11.3 Å². The average molecular weight is 362 g/mol. The monoisotopic (exact) mass is 362 g/mol. The molecule has 0 aromatic heterocycles. The molecule has 0 unspecified atom stereocenters. The summed E-state index contributed by atoms with van der Waals surface area (Å²) < 4.78 is 0. The molecule has 0 aliphatic heterocycles. The van der Waals surface area contributed by atoms with Crippen LogP contribution in [0.3, 0.4) is 0 Å². The summed E-state index contributed by atoms with van der Waals surface area (Å²) in [5.74, 6) is -1.97. The smallest absolute Gasteiger partial charge is 0.328 e. The zero-order valence-electron chi connectivity index (χ0n) is 15.1. The fourth-order valence-corrected chi connectivity index (χ4v) is 3.02. The van der Waals surface area contributed by atoms with Crippen molar-refractivity contribution >= 4 is 17.8 Å². The van der Waals surface area contributed by atoms with E-state index in [0.717, 1.165) is 25.1 Å². The summed E-state index contributed by atoms with van der Waals surface area (Å²) in [6.45, 7) is 6.17. The SMILES string of the molecule is CCN(CC)C(=O)[C@]1(c2ccccc2)C[C@@H]1CN.O=C(O)/C=C\C(=O)O. The first-order chi connectivity index (χ1) is 12.3. The molecule has 2 atom stereocenters. The van der Waals surface area contributed by atoms with Crippen LogP contribution < -0.4 is 5.73 Å². The number of amides is 1. The molecule has 0 spiro atoms. The average Bonchev–Trinajstić information content (AvgIpc) is 3.38. The molecule has 1 saturated carbocycles. The lowest BCUT2D eigenvalue weighted by atomic mass is 9.91. The van der Waals surface area contributed by atoms with E-state index >= 15 is 0 Å². The molecule has 4 N–H and O–H groups in total. The van der Waals surface area contributed by atoms with Crippen molar-refractivity contribution in [1.82, 2.24) is 4.90 Å². The first-order valence-corrected chi connectivity index (χ1v) is 8.52. The van der Waals surface area contributed by atoms with Crippen LogP contribution in [-0.4, -0.2) is 52.6 Å². The van der Waals surface area contributed by atoms with Crippen LogP contribution in [0.15, 0.2) is 42.5 Å². The Morgan fingerprint density at radius 1 is 1.12 bits per heavy atom. The molecule has 1 aliphatic carbocycles. The van der Waals surface area contributed by atoms with E-state index in [9.17, 15) is 14.4 Å². The second-order valence-electron chi connectivity index (χ2n) is 5.96. The van der Waals surface area contributed by atoms with Gasteiger partial charge in [-0.05, 0) is 38.3 Å². The van der Waals surface area contributed by atoms with E-state index in [1.54, 1.807) is 0 Å². The molecule has 1 fully saturated rings. The maximum Gasteiger partial charge on any atom is 0.328 e. The largest absolute Gasteiger partial charge is 0.478 e. The Kier molecular flexibility index (Phi) is 7.99. The van der Waals surface area contributed by atoms with Crippen molar-refractivity contribution in [3.05, 3.63) is 48.0 Å². The first kappa shape index (κ1) is 21.4. The Labute approximate surface area is 153 Å². The van der Waals surface area contributed by atoms with Gasteiger partial charge in [0.15, 0.2) is 0 Å². The lowest BCUT2D eigenvalue weighted by Gasteiger charge is -2.26. The van der Waals surface area contributed by atoms with E-state index in [1.807, 2.05) is 36.9 Å². The predicted molar refractivity (Wildman–Crippen MR) is 97.6 cm³/mol. The molecular formula is C19H26N2O5. The maximum atomic E-state index is 12.7. The number of nitrogens with zero attached hydrogens (tertiary/aromatic N) is 1. The van der Waals surface area contributed by atoms with E-state index in [1.165, 1.54) is 0 Å². The Hall–Kier alpha value is -2.67. The number of aliphatic carboxylic acids is 2. The molecule has 0 bridgehead atoms. The number of carbonyl (C=O) groups is 3. The first-order valence-electron chi connectivity index (χ1n) is 8.52. The van der Waals surface area contributed by atoms with E-state index in [4.69, 9.17) is 15.9 Å². The zero-order valence-corrected chi connectivity index (χ0v) is 15.1. The minimum Gasteiger partial charge on any atom is -0.478 e. The van der Waals surface area contributed by atoms with Gasteiger partial charge in [0.1, 0.15) is 0 Å². The fraction of sp³-hybridized carbons (Fsp3) is 0.421. The molecule has 26 heavy (non-hydrogen) atoms. The van der Waals surface area contributed by atoms with Crippen molar-refractivity contribution in [2.75, 3.05) is 19.6 Å². The van der Waals surface area contributed by atoms with Crippen LogP contribution in [0.5, 0.6) is 0 Å². The lowest BCUT2D eigenvalue weighted by Crippen LogP contribution is -2.40. The lowest BCUT2D eigenvalue weighted by molar-refractivity contribution is -0.134. The van der Waals surface area contributed by atoms with E-state index < -0.39 is 11.9 Å². The third-order valence-electron chi connectivity index (χ3n) is 4.48. The van der Waals surface area contributed by atoms with Crippen LogP contribution >= 0.6 is 0 Å².